The van der Waals surface area contributed by atoms with E-state index in [2.05, 4.69) is 12.1 Å². The third-order valence-corrected chi connectivity index (χ3v) is 4.64. The van der Waals surface area contributed by atoms with E-state index in [1.807, 2.05) is 6.07 Å². The average Bonchev–Trinajstić information content (AvgIpc) is 2.75. The fourth-order valence-electron chi connectivity index (χ4n) is 3.46. The van der Waals surface area contributed by atoms with Gasteiger partial charge in [-0.15, -0.1) is 0 Å². The summed E-state index contributed by atoms with van der Waals surface area (Å²) in [4.78, 5) is 12.5. The summed E-state index contributed by atoms with van der Waals surface area (Å²) in [5, 5.41) is 9.02. The van der Waals surface area contributed by atoms with Crippen LogP contribution in [-0.4, -0.2) is 36.3 Å². The number of carboxylic acid groups (broad SMARTS) is 1. The standard InChI is InChI=1S/C15H19NO3/c1-19-13-3-2-11-9-15(10-12(11)8-13)4-6-16(7-5-15)14(17)18/h2-3,8H,4-7,9-10H2,1H3,(H,17,18). The van der Waals surface area contributed by atoms with Crippen LogP contribution in [0.5, 0.6) is 5.75 Å². The summed E-state index contributed by atoms with van der Waals surface area (Å²) in [6.07, 6.45) is 3.30. The van der Waals surface area contributed by atoms with Gasteiger partial charge in [-0.3, -0.25) is 0 Å². The minimum atomic E-state index is -0.785. The van der Waals surface area contributed by atoms with Crippen LogP contribution >= 0.6 is 0 Å². The van der Waals surface area contributed by atoms with E-state index in [0.29, 0.717) is 13.1 Å². The SMILES string of the molecule is COc1ccc2c(c1)CC1(CCN(C(=O)O)CC1)C2. The van der Waals surface area contributed by atoms with Crippen molar-refractivity contribution in [3.63, 3.8) is 0 Å². The zero-order chi connectivity index (χ0) is 13.5. The molecule has 0 bridgehead atoms. The van der Waals surface area contributed by atoms with Crippen LogP contribution in [0.4, 0.5) is 4.79 Å². The van der Waals surface area contributed by atoms with Crippen molar-refractivity contribution >= 4 is 6.09 Å². The summed E-state index contributed by atoms with van der Waals surface area (Å²) in [7, 11) is 1.69. The van der Waals surface area contributed by atoms with Crippen molar-refractivity contribution in [2.24, 2.45) is 5.41 Å². The predicted octanol–water partition coefficient (Wildman–Crippen LogP) is 2.55. The van der Waals surface area contributed by atoms with Gasteiger partial charge in [0.1, 0.15) is 5.75 Å². The summed E-state index contributed by atoms with van der Waals surface area (Å²) in [6, 6.07) is 6.31. The van der Waals surface area contributed by atoms with Gasteiger partial charge in [-0.2, -0.15) is 0 Å². The molecule has 1 N–H and O–H groups in total. The Hall–Kier alpha value is -1.71. The van der Waals surface area contributed by atoms with Crippen molar-refractivity contribution in [2.75, 3.05) is 20.2 Å². The third-order valence-electron chi connectivity index (χ3n) is 4.64. The summed E-state index contributed by atoms with van der Waals surface area (Å²) in [6.45, 7) is 1.33. The number of nitrogens with zero attached hydrogens (tertiary/aromatic N) is 1. The zero-order valence-corrected chi connectivity index (χ0v) is 11.2. The van der Waals surface area contributed by atoms with Crippen molar-refractivity contribution < 1.29 is 14.6 Å². The number of methoxy groups -OCH3 is 1. The average molecular weight is 261 g/mol. The normalized spacial score (nSPS) is 20.4. The maximum atomic E-state index is 11.0. The Morgan fingerprint density at radius 3 is 2.58 bits per heavy atom. The minimum absolute atomic E-state index is 0.278. The lowest BCUT2D eigenvalue weighted by atomic mass is 9.76. The molecule has 3 rings (SSSR count). The Morgan fingerprint density at radius 2 is 1.95 bits per heavy atom. The van der Waals surface area contributed by atoms with Gasteiger partial charge in [-0.25, -0.2) is 4.79 Å². The molecule has 1 aromatic rings. The van der Waals surface area contributed by atoms with E-state index >= 15 is 0 Å². The first kappa shape index (κ1) is 12.3. The van der Waals surface area contributed by atoms with Gasteiger partial charge in [0.15, 0.2) is 0 Å². The van der Waals surface area contributed by atoms with Crippen molar-refractivity contribution in [2.45, 2.75) is 25.7 Å². The third kappa shape index (κ3) is 2.15. The maximum Gasteiger partial charge on any atom is 0.407 e. The van der Waals surface area contributed by atoms with E-state index in [9.17, 15) is 4.79 Å². The molecule has 1 aromatic carbocycles. The number of hydrogen-bond donors (Lipinski definition) is 1. The second-order valence-corrected chi connectivity index (χ2v) is 5.76. The molecular formula is C15H19NO3. The monoisotopic (exact) mass is 261 g/mol. The van der Waals surface area contributed by atoms with Gasteiger partial charge < -0.3 is 14.7 Å². The van der Waals surface area contributed by atoms with Crippen LogP contribution in [0.15, 0.2) is 18.2 Å². The molecule has 1 saturated heterocycles. The van der Waals surface area contributed by atoms with Crippen molar-refractivity contribution in [1.29, 1.82) is 0 Å². The first-order valence-electron chi connectivity index (χ1n) is 6.76. The van der Waals surface area contributed by atoms with Gasteiger partial charge in [0.2, 0.25) is 0 Å². The summed E-state index contributed by atoms with van der Waals surface area (Å²) in [5.41, 5.74) is 3.06. The lowest BCUT2D eigenvalue weighted by Gasteiger charge is -2.38. The van der Waals surface area contributed by atoms with Gasteiger partial charge in [0, 0.05) is 13.1 Å². The number of likely N-dealkylation sites (tertiary alicyclic amines) is 1. The Morgan fingerprint density at radius 1 is 1.26 bits per heavy atom. The first-order chi connectivity index (χ1) is 9.12. The molecule has 2 aliphatic rings. The second-order valence-electron chi connectivity index (χ2n) is 5.76. The number of hydrogen-bond acceptors (Lipinski definition) is 2. The summed E-state index contributed by atoms with van der Waals surface area (Å²) < 4.78 is 5.28. The molecule has 1 heterocycles. The molecule has 102 valence electrons. The highest BCUT2D eigenvalue weighted by molar-refractivity contribution is 5.65. The highest BCUT2D eigenvalue weighted by Crippen LogP contribution is 2.45. The minimum Gasteiger partial charge on any atom is -0.497 e. The van der Waals surface area contributed by atoms with E-state index in [0.717, 1.165) is 31.4 Å². The Labute approximate surface area is 113 Å². The molecular weight excluding hydrogens is 242 g/mol. The number of carbonyl (C=O) groups is 1. The maximum absolute atomic E-state index is 11.0. The molecule has 0 radical (unpaired) electrons. The molecule has 4 heteroatoms. The highest BCUT2D eigenvalue weighted by atomic mass is 16.5. The molecule has 1 fully saturated rings. The molecule has 0 saturated carbocycles. The van der Waals surface area contributed by atoms with Crippen LogP contribution in [0.2, 0.25) is 0 Å². The Bertz CT molecular complexity index is 504. The zero-order valence-electron chi connectivity index (χ0n) is 11.2. The van der Waals surface area contributed by atoms with E-state index in [-0.39, 0.29) is 5.41 Å². The highest BCUT2D eigenvalue weighted by Gasteiger charge is 2.40. The summed E-state index contributed by atoms with van der Waals surface area (Å²) in [5.74, 6) is 0.916. The van der Waals surface area contributed by atoms with Crippen LogP contribution in [0.3, 0.4) is 0 Å². The summed E-state index contributed by atoms with van der Waals surface area (Å²) >= 11 is 0. The molecule has 4 nitrogen and oxygen atoms in total. The number of benzene rings is 1. The van der Waals surface area contributed by atoms with E-state index in [1.54, 1.807) is 7.11 Å². The molecule has 0 unspecified atom stereocenters. The van der Waals surface area contributed by atoms with Crippen LogP contribution < -0.4 is 4.74 Å². The molecule has 0 atom stereocenters. The quantitative estimate of drug-likeness (QED) is 0.845. The van der Waals surface area contributed by atoms with Crippen molar-refractivity contribution in [3.05, 3.63) is 29.3 Å². The molecule has 19 heavy (non-hydrogen) atoms. The molecule has 1 aliphatic heterocycles. The van der Waals surface area contributed by atoms with E-state index in [4.69, 9.17) is 9.84 Å². The molecule has 0 aromatic heterocycles. The van der Waals surface area contributed by atoms with E-state index in [1.165, 1.54) is 16.0 Å². The van der Waals surface area contributed by atoms with Crippen molar-refractivity contribution in [3.8, 4) is 5.75 Å². The number of ether oxygens (including phenoxy) is 1. The van der Waals surface area contributed by atoms with Gasteiger partial charge in [0.05, 0.1) is 7.11 Å². The van der Waals surface area contributed by atoms with Crippen LogP contribution in [0.25, 0.3) is 0 Å². The lowest BCUT2D eigenvalue weighted by Crippen LogP contribution is -2.43. The largest absolute Gasteiger partial charge is 0.497 e. The number of piperidine rings is 1. The molecule has 1 aliphatic carbocycles. The fourth-order valence-corrected chi connectivity index (χ4v) is 3.46. The Kier molecular flexibility index (Phi) is 2.88. The van der Waals surface area contributed by atoms with E-state index < -0.39 is 6.09 Å². The Balaban J connectivity index is 1.75. The fraction of sp³-hybridized carbons (Fsp3) is 0.533. The van der Waals surface area contributed by atoms with Gasteiger partial charge in [0.25, 0.3) is 0 Å². The van der Waals surface area contributed by atoms with Crippen LogP contribution in [0.1, 0.15) is 24.0 Å². The number of amides is 1. The molecule has 1 amide bonds. The van der Waals surface area contributed by atoms with Crippen LogP contribution in [0, 0.1) is 5.41 Å². The van der Waals surface area contributed by atoms with Gasteiger partial charge in [-0.05, 0) is 54.4 Å². The smallest absolute Gasteiger partial charge is 0.407 e. The van der Waals surface area contributed by atoms with Gasteiger partial charge in [-0.1, -0.05) is 6.07 Å². The second kappa shape index (κ2) is 4.44. The van der Waals surface area contributed by atoms with Gasteiger partial charge >= 0.3 is 6.09 Å². The molecule has 1 spiro atoms. The number of rotatable bonds is 1. The van der Waals surface area contributed by atoms with Crippen molar-refractivity contribution in [1.82, 2.24) is 4.90 Å². The lowest BCUT2D eigenvalue weighted by molar-refractivity contribution is 0.0938. The first-order valence-corrected chi connectivity index (χ1v) is 6.76. The predicted molar refractivity (Wildman–Crippen MR) is 71.7 cm³/mol. The topological polar surface area (TPSA) is 49.8 Å². The number of fused-ring (bicyclic) bond motifs is 1. The van der Waals surface area contributed by atoms with Crippen LogP contribution in [-0.2, 0) is 12.8 Å².